The standard InChI is InChI=1S/C29H31FN2O4/c1-3-12-32-28(34)20-13-17(2)26-21(27(20)29(32)35)16-36-25(26)10-8-19(23-6-4-5-11-31-23)14-18-7-9-24(33)22(30)15-18/h4-7,9,11,14-15,20-21,25,27,33H,3,8,10,12-13,16H2,1-2H3/b19-14-/t20-,21+,25-,27-/m1/s1. The number of aromatic nitrogens is 1. The predicted molar refractivity (Wildman–Crippen MR) is 134 cm³/mol. The number of phenolic OH excluding ortho intramolecular Hbond substituents is 1. The molecule has 1 aliphatic carbocycles. The fourth-order valence-electron chi connectivity index (χ4n) is 6.07. The second-order valence-corrected chi connectivity index (χ2v) is 9.96. The van der Waals surface area contributed by atoms with Crippen molar-refractivity contribution in [2.24, 2.45) is 17.8 Å². The van der Waals surface area contributed by atoms with Gasteiger partial charge in [0.05, 0.1) is 30.2 Å². The van der Waals surface area contributed by atoms with Gasteiger partial charge in [0, 0.05) is 18.7 Å². The zero-order valence-electron chi connectivity index (χ0n) is 20.6. The highest BCUT2D eigenvalue weighted by molar-refractivity contribution is 6.05. The van der Waals surface area contributed by atoms with Gasteiger partial charge in [0.2, 0.25) is 11.8 Å². The quantitative estimate of drug-likeness (QED) is 0.437. The molecule has 188 valence electrons. The van der Waals surface area contributed by atoms with Crippen LogP contribution >= 0.6 is 0 Å². The molecule has 7 heteroatoms. The van der Waals surface area contributed by atoms with E-state index in [0.717, 1.165) is 23.3 Å². The minimum Gasteiger partial charge on any atom is -0.505 e. The predicted octanol–water partition coefficient (Wildman–Crippen LogP) is 4.99. The highest BCUT2D eigenvalue weighted by Crippen LogP contribution is 2.49. The van der Waals surface area contributed by atoms with E-state index in [4.69, 9.17) is 4.74 Å². The Morgan fingerprint density at radius 2 is 2.06 bits per heavy atom. The molecular formula is C29H31FN2O4. The molecule has 0 spiro atoms. The summed E-state index contributed by atoms with van der Waals surface area (Å²) < 4.78 is 20.2. The largest absolute Gasteiger partial charge is 0.505 e. The van der Waals surface area contributed by atoms with Crippen molar-refractivity contribution in [3.8, 4) is 5.75 Å². The molecule has 1 aromatic heterocycles. The first-order chi connectivity index (χ1) is 17.4. The minimum absolute atomic E-state index is 0.0322. The summed E-state index contributed by atoms with van der Waals surface area (Å²) >= 11 is 0. The number of ether oxygens (including phenoxy) is 1. The molecule has 6 nitrogen and oxygen atoms in total. The average Bonchev–Trinajstić information content (AvgIpc) is 3.40. The molecule has 0 radical (unpaired) electrons. The van der Waals surface area contributed by atoms with Crippen LogP contribution in [-0.2, 0) is 14.3 Å². The Bertz CT molecular complexity index is 1240. The fraction of sp³-hybridized carbons (Fsp3) is 0.414. The van der Waals surface area contributed by atoms with Gasteiger partial charge in [-0.2, -0.15) is 0 Å². The first-order valence-corrected chi connectivity index (χ1v) is 12.7. The van der Waals surface area contributed by atoms with Crippen molar-refractivity contribution in [3.05, 3.63) is 70.8 Å². The van der Waals surface area contributed by atoms with Gasteiger partial charge in [-0.25, -0.2) is 4.39 Å². The van der Waals surface area contributed by atoms with E-state index in [1.54, 1.807) is 12.3 Å². The lowest BCUT2D eigenvalue weighted by atomic mass is 9.70. The number of phenols is 1. The number of fused-ring (bicyclic) bond motifs is 3. The number of aromatic hydroxyl groups is 1. The first-order valence-electron chi connectivity index (χ1n) is 12.7. The Morgan fingerprint density at radius 1 is 1.22 bits per heavy atom. The summed E-state index contributed by atoms with van der Waals surface area (Å²) in [6.45, 7) is 4.97. The summed E-state index contributed by atoms with van der Waals surface area (Å²) in [5, 5.41) is 9.55. The van der Waals surface area contributed by atoms with E-state index in [1.165, 1.54) is 22.6 Å². The van der Waals surface area contributed by atoms with Gasteiger partial charge in [0.1, 0.15) is 0 Å². The van der Waals surface area contributed by atoms with Crippen molar-refractivity contribution < 1.29 is 23.8 Å². The maximum Gasteiger partial charge on any atom is 0.233 e. The first kappa shape index (κ1) is 24.4. The van der Waals surface area contributed by atoms with Gasteiger partial charge in [-0.1, -0.05) is 24.6 Å². The van der Waals surface area contributed by atoms with Crippen molar-refractivity contribution in [1.82, 2.24) is 9.88 Å². The number of allylic oxidation sites excluding steroid dienone is 2. The monoisotopic (exact) mass is 490 g/mol. The molecule has 0 bridgehead atoms. The average molecular weight is 491 g/mol. The molecular weight excluding hydrogens is 459 g/mol. The zero-order chi connectivity index (χ0) is 25.4. The normalized spacial score (nSPS) is 26.0. The number of pyridine rings is 1. The third-order valence-corrected chi connectivity index (χ3v) is 7.67. The molecule has 5 rings (SSSR count). The van der Waals surface area contributed by atoms with Crippen LogP contribution in [0.3, 0.4) is 0 Å². The third-order valence-electron chi connectivity index (χ3n) is 7.67. The maximum atomic E-state index is 14.0. The van der Waals surface area contributed by atoms with Crippen LogP contribution in [0.15, 0.2) is 53.7 Å². The summed E-state index contributed by atoms with van der Waals surface area (Å²) in [5.74, 6) is -1.78. The molecule has 0 unspecified atom stereocenters. The Balaban J connectivity index is 1.38. The van der Waals surface area contributed by atoms with Crippen molar-refractivity contribution in [2.75, 3.05) is 13.2 Å². The molecule has 36 heavy (non-hydrogen) atoms. The molecule has 3 aliphatic rings. The van der Waals surface area contributed by atoms with Crippen LogP contribution in [-0.4, -0.2) is 46.1 Å². The van der Waals surface area contributed by atoms with Crippen LogP contribution in [0, 0.1) is 23.6 Å². The van der Waals surface area contributed by atoms with Gasteiger partial charge in [-0.05, 0) is 79.7 Å². The van der Waals surface area contributed by atoms with E-state index in [2.05, 4.69) is 11.9 Å². The number of rotatable bonds is 7. The number of likely N-dealkylation sites (tertiary alicyclic amines) is 1. The van der Waals surface area contributed by atoms with Gasteiger partial charge in [-0.3, -0.25) is 19.5 Å². The summed E-state index contributed by atoms with van der Waals surface area (Å²) in [4.78, 5) is 32.0. The second-order valence-electron chi connectivity index (χ2n) is 9.96. The smallest absolute Gasteiger partial charge is 0.233 e. The van der Waals surface area contributed by atoms with Gasteiger partial charge >= 0.3 is 0 Å². The van der Waals surface area contributed by atoms with Crippen LogP contribution in [0.5, 0.6) is 5.75 Å². The lowest BCUT2D eigenvalue weighted by Crippen LogP contribution is -2.34. The van der Waals surface area contributed by atoms with Crippen LogP contribution in [0.1, 0.15) is 50.8 Å². The molecule has 2 amide bonds. The molecule has 2 aliphatic heterocycles. The lowest BCUT2D eigenvalue weighted by molar-refractivity contribution is -0.140. The zero-order valence-corrected chi connectivity index (χ0v) is 20.6. The lowest BCUT2D eigenvalue weighted by Gasteiger charge is -2.30. The molecule has 4 atom stereocenters. The topological polar surface area (TPSA) is 79.7 Å². The highest BCUT2D eigenvalue weighted by Gasteiger charge is 2.56. The molecule has 3 heterocycles. The molecule has 2 saturated heterocycles. The van der Waals surface area contributed by atoms with Crippen LogP contribution < -0.4 is 0 Å². The van der Waals surface area contributed by atoms with Crippen molar-refractivity contribution in [1.29, 1.82) is 0 Å². The third kappa shape index (κ3) is 4.37. The van der Waals surface area contributed by atoms with Gasteiger partial charge in [0.25, 0.3) is 0 Å². The molecule has 1 aromatic carbocycles. The Kier molecular flexibility index (Phi) is 6.75. The number of carbonyl (C=O) groups excluding carboxylic acids is 2. The number of halogens is 1. The van der Waals surface area contributed by atoms with E-state index >= 15 is 0 Å². The van der Waals surface area contributed by atoms with Crippen LogP contribution in [0.2, 0.25) is 0 Å². The van der Waals surface area contributed by atoms with Crippen molar-refractivity contribution >= 4 is 23.5 Å². The van der Waals surface area contributed by atoms with E-state index in [9.17, 15) is 19.1 Å². The van der Waals surface area contributed by atoms with E-state index in [0.29, 0.717) is 38.0 Å². The Hall–Kier alpha value is -3.32. The van der Waals surface area contributed by atoms with Crippen molar-refractivity contribution in [2.45, 2.75) is 45.6 Å². The Labute approximate surface area is 210 Å². The van der Waals surface area contributed by atoms with Crippen LogP contribution in [0.25, 0.3) is 11.6 Å². The van der Waals surface area contributed by atoms with E-state index in [1.807, 2.05) is 31.2 Å². The maximum absolute atomic E-state index is 14.0. The van der Waals surface area contributed by atoms with Crippen molar-refractivity contribution in [3.63, 3.8) is 0 Å². The van der Waals surface area contributed by atoms with Gasteiger partial charge in [-0.15, -0.1) is 0 Å². The number of hydrogen-bond acceptors (Lipinski definition) is 5. The van der Waals surface area contributed by atoms with Crippen LogP contribution in [0.4, 0.5) is 4.39 Å². The number of benzene rings is 1. The number of hydrogen-bond donors (Lipinski definition) is 1. The SMILES string of the molecule is CCCN1C(=O)[C@@H]2[C@@H](CC(C)=C3[C@@H](CC/C(=C/c4ccc(O)c(F)c4)c4ccccn4)OC[C@@H]32)C1=O. The van der Waals surface area contributed by atoms with E-state index in [-0.39, 0.29) is 41.4 Å². The summed E-state index contributed by atoms with van der Waals surface area (Å²) in [5.41, 5.74) is 4.69. The molecule has 0 saturated carbocycles. The number of carbonyl (C=O) groups is 2. The molecule has 2 fully saturated rings. The summed E-state index contributed by atoms with van der Waals surface area (Å²) in [6, 6.07) is 9.99. The number of amides is 2. The number of nitrogens with zero attached hydrogens (tertiary/aromatic N) is 2. The number of imide groups is 1. The summed E-state index contributed by atoms with van der Waals surface area (Å²) in [7, 11) is 0. The minimum atomic E-state index is -0.670. The molecule has 2 aromatic rings. The van der Waals surface area contributed by atoms with Gasteiger partial charge < -0.3 is 9.84 Å². The Morgan fingerprint density at radius 3 is 2.78 bits per heavy atom. The summed E-state index contributed by atoms with van der Waals surface area (Å²) in [6.07, 6.45) is 6.16. The van der Waals surface area contributed by atoms with E-state index < -0.39 is 5.82 Å². The highest BCUT2D eigenvalue weighted by atomic mass is 19.1. The second kappa shape index (κ2) is 9.97. The molecule has 1 N–H and O–H groups in total. The van der Waals surface area contributed by atoms with Gasteiger partial charge in [0.15, 0.2) is 11.6 Å². The fourth-order valence-corrected chi connectivity index (χ4v) is 6.07.